The number of anilines is 2. The average Bonchev–Trinajstić information content (AvgIpc) is 3.42. The number of carbonyl (C=O) groups excluding carboxylic acids is 1. The summed E-state index contributed by atoms with van der Waals surface area (Å²) in [4.78, 5) is 12.2. The van der Waals surface area contributed by atoms with Gasteiger partial charge in [0.15, 0.2) is 5.69 Å². The number of nitriles is 1. The number of nitrogens with two attached hydrogens (primary N) is 1. The quantitative estimate of drug-likeness (QED) is 0.419. The van der Waals surface area contributed by atoms with E-state index in [2.05, 4.69) is 9.82 Å². The van der Waals surface area contributed by atoms with Gasteiger partial charge in [0.05, 0.1) is 35.1 Å². The van der Waals surface area contributed by atoms with Gasteiger partial charge in [-0.15, -0.1) is 0 Å². The fraction of sp³-hybridized carbons (Fsp3) is 0.0455. The van der Waals surface area contributed by atoms with Gasteiger partial charge in [-0.05, 0) is 36.4 Å². The Morgan fingerprint density at radius 1 is 1.09 bits per heavy atom. The molecule has 2 heterocycles. The second-order valence-corrected chi connectivity index (χ2v) is 8.52. The Kier molecular flexibility index (Phi) is 5.60. The van der Waals surface area contributed by atoms with E-state index in [-0.39, 0.29) is 27.7 Å². The van der Waals surface area contributed by atoms with Crippen molar-refractivity contribution in [1.29, 1.82) is 5.26 Å². The van der Waals surface area contributed by atoms with Crippen LogP contribution in [-0.2, 0) is 14.8 Å². The van der Waals surface area contributed by atoms with E-state index in [1.54, 1.807) is 18.2 Å². The highest BCUT2D eigenvalue weighted by Gasteiger charge is 2.22. The predicted octanol–water partition coefficient (Wildman–Crippen LogP) is 2.70. The summed E-state index contributed by atoms with van der Waals surface area (Å²) < 4.78 is 36.1. The number of esters is 1. The molecule has 4 rings (SSSR count). The number of benzene rings is 2. The van der Waals surface area contributed by atoms with Crippen LogP contribution in [-0.4, -0.2) is 35.8 Å². The van der Waals surface area contributed by atoms with Crippen molar-refractivity contribution >= 4 is 27.5 Å². The van der Waals surface area contributed by atoms with Crippen molar-refractivity contribution < 1.29 is 17.9 Å². The number of hydrogen-bond donors (Lipinski definition) is 2. The van der Waals surface area contributed by atoms with Crippen molar-refractivity contribution in [2.45, 2.75) is 4.90 Å². The average molecular weight is 462 g/mol. The molecule has 4 aromatic rings. The maximum absolute atomic E-state index is 13.0. The van der Waals surface area contributed by atoms with Gasteiger partial charge in [0.25, 0.3) is 10.0 Å². The first-order valence-electron chi connectivity index (χ1n) is 9.57. The number of nitrogens with one attached hydrogen (secondary N) is 1. The summed E-state index contributed by atoms with van der Waals surface area (Å²) in [5.74, 6) is -0.448. The van der Waals surface area contributed by atoms with Crippen LogP contribution in [0.3, 0.4) is 0 Å². The van der Waals surface area contributed by atoms with Crippen molar-refractivity contribution in [3.05, 3.63) is 84.3 Å². The lowest BCUT2D eigenvalue weighted by molar-refractivity contribution is 0.0593. The number of para-hydroxylation sites is 1. The molecule has 33 heavy (non-hydrogen) atoms. The van der Waals surface area contributed by atoms with Crippen LogP contribution < -0.4 is 10.5 Å². The Morgan fingerprint density at radius 3 is 2.42 bits per heavy atom. The van der Waals surface area contributed by atoms with Gasteiger partial charge in [0.1, 0.15) is 11.9 Å². The molecule has 11 heteroatoms. The Morgan fingerprint density at radius 2 is 1.79 bits per heavy atom. The highest BCUT2D eigenvalue weighted by atomic mass is 32.2. The fourth-order valence-electron chi connectivity index (χ4n) is 3.26. The largest absolute Gasteiger partial charge is 0.464 e. The maximum Gasteiger partial charge on any atom is 0.357 e. The summed E-state index contributed by atoms with van der Waals surface area (Å²) >= 11 is 0. The summed E-state index contributed by atoms with van der Waals surface area (Å²) in [6.45, 7) is 0. The van der Waals surface area contributed by atoms with E-state index in [9.17, 15) is 18.5 Å². The topological polar surface area (TPSA) is 145 Å². The molecule has 0 bridgehead atoms. The first kappa shape index (κ1) is 21.7. The van der Waals surface area contributed by atoms with Crippen LogP contribution >= 0.6 is 0 Å². The minimum Gasteiger partial charge on any atom is -0.464 e. The Labute approximate surface area is 189 Å². The monoisotopic (exact) mass is 462 g/mol. The van der Waals surface area contributed by atoms with Gasteiger partial charge in [-0.25, -0.2) is 17.9 Å². The SMILES string of the molecule is COC(=O)c1c(N)c(C#N)cn1-c1ccc(S(=O)(=O)Nc2ccnn2-c2ccccc2)cc1. The maximum atomic E-state index is 13.0. The van der Waals surface area contributed by atoms with Crippen molar-refractivity contribution in [2.75, 3.05) is 17.6 Å². The molecule has 0 atom stereocenters. The van der Waals surface area contributed by atoms with Gasteiger partial charge in [0.2, 0.25) is 0 Å². The first-order chi connectivity index (χ1) is 15.9. The molecule has 0 aliphatic rings. The van der Waals surface area contributed by atoms with Gasteiger partial charge in [0, 0.05) is 18.0 Å². The second kappa shape index (κ2) is 8.52. The normalized spacial score (nSPS) is 11.0. The zero-order chi connectivity index (χ0) is 23.6. The summed E-state index contributed by atoms with van der Waals surface area (Å²) in [5.41, 5.74) is 7.10. The van der Waals surface area contributed by atoms with E-state index in [1.807, 2.05) is 24.3 Å². The van der Waals surface area contributed by atoms with E-state index in [4.69, 9.17) is 10.5 Å². The summed E-state index contributed by atoms with van der Waals surface area (Å²) in [5, 5.41) is 13.4. The lowest BCUT2D eigenvalue weighted by Crippen LogP contribution is -2.16. The molecular weight excluding hydrogens is 444 g/mol. The van der Waals surface area contributed by atoms with Crippen molar-refractivity contribution in [2.24, 2.45) is 0 Å². The number of nitrogen functional groups attached to an aromatic ring is 1. The second-order valence-electron chi connectivity index (χ2n) is 6.84. The van der Waals surface area contributed by atoms with Crippen molar-refractivity contribution in [3.8, 4) is 17.4 Å². The minimum atomic E-state index is -3.94. The molecule has 166 valence electrons. The number of aromatic nitrogens is 3. The van der Waals surface area contributed by atoms with Gasteiger partial charge < -0.3 is 15.0 Å². The third kappa shape index (κ3) is 4.02. The summed E-state index contributed by atoms with van der Waals surface area (Å²) in [7, 11) is -2.74. The fourth-order valence-corrected chi connectivity index (χ4v) is 4.30. The molecule has 2 aromatic carbocycles. The number of nitrogens with zero attached hydrogens (tertiary/aromatic N) is 4. The zero-order valence-electron chi connectivity index (χ0n) is 17.3. The standard InChI is InChI=1S/C22H18N6O4S/c1-32-22(29)21-20(24)15(13-23)14-27(21)16-7-9-18(10-8-16)33(30,31)26-19-11-12-25-28(19)17-5-3-2-4-6-17/h2-12,14,26H,24H2,1H3. The number of ether oxygens (including phenoxy) is 1. The third-order valence-electron chi connectivity index (χ3n) is 4.85. The molecule has 0 amide bonds. The van der Waals surface area contributed by atoms with Gasteiger partial charge in [-0.1, -0.05) is 18.2 Å². The van der Waals surface area contributed by atoms with Gasteiger partial charge >= 0.3 is 5.97 Å². The first-order valence-corrected chi connectivity index (χ1v) is 11.1. The Hall–Kier alpha value is -4.56. The lowest BCUT2D eigenvalue weighted by Gasteiger charge is -2.12. The number of methoxy groups -OCH3 is 1. The molecule has 0 unspecified atom stereocenters. The summed E-state index contributed by atoms with van der Waals surface area (Å²) in [6, 6.07) is 18.3. The highest BCUT2D eigenvalue weighted by molar-refractivity contribution is 7.92. The van der Waals surface area contributed by atoms with Crippen molar-refractivity contribution in [3.63, 3.8) is 0 Å². The lowest BCUT2D eigenvalue weighted by atomic mass is 10.2. The smallest absolute Gasteiger partial charge is 0.357 e. The molecule has 2 aromatic heterocycles. The van der Waals surface area contributed by atoms with Crippen LogP contribution in [0.2, 0.25) is 0 Å². The number of sulfonamides is 1. The molecule has 0 aliphatic heterocycles. The van der Waals surface area contributed by atoms with E-state index < -0.39 is 16.0 Å². The Balaban J connectivity index is 1.66. The Bertz CT molecular complexity index is 1470. The van der Waals surface area contributed by atoms with Gasteiger partial charge in [-0.3, -0.25) is 4.72 Å². The molecule has 0 fully saturated rings. The van der Waals surface area contributed by atoms with Crippen LogP contribution in [0, 0.1) is 11.3 Å². The minimum absolute atomic E-state index is 0.00712. The molecule has 3 N–H and O–H groups in total. The highest BCUT2D eigenvalue weighted by Crippen LogP contribution is 2.26. The van der Waals surface area contributed by atoms with E-state index in [1.165, 1.54) is 53.0 Å². The predicted molar refractivity (Wildman–Crippen MR) is 121 cm³/mol. The van der Waals surface area contributed by atoms with Crippen LogP contribution in [0.5, 0.6) is 0 Å². The molecule has 0 radical (unpaired) electrons. The molecule has 0 spiro atoms. The van der Waals surface area contributed by atoms with Crippen molar-refractivity contribution in [1.82, 2.24) is 14.3 Å². The molecule has 10 nitrogen and oxygen atoms in total. The molecule has 0 saturated carbocycles. The van der Waals surface area contributed by atoms with Crippen LogP contribution in [0.15, 0.2) is 78.0 Å². The van der Waals surface area contributed by atoms with Gasteiger partial charge in [-0.2, -0.15) is 10.4 Å². The third-order valence-corrected chi connectivity index (χ3v) is 6.22. The zero-order valence-corrected chi connectivity index (χ0v) is 18.2. The van der Waals surface area contributed by atoms with Crippen LogP contribution in [0.25, 0.3) is 11.4 Å². The van der Waals surface area contributed by atoms with E-state index in [0.29, 0.717) is 11.4 Å². The molecule has 0 aliphatic carbocycles. The van der Waals surface area contributed by atoms with E-state index in [0.717, 1.165) is 0 Å². The van der Waals surface area contributed by atoms with Crippen LogP contribution in [0.1, 0.15) is 16.1 Å². The number of rotatable bonds is 6. The molecule has 0 saturated heterocycles. The van der Waals surface area contributed by atoms with Crippen LogP contribution in [0.4, 0.5) is 11.5 Å². The number of carbonyl (C=O) groups is 1. The van der Waals surface area contributed by atoms with E-state index >= 15 is 0 Å². The number of hydrogen-bond acceptors (Lipinski definition) is 7. The summed E-state index contributed by atoms with van der Waals surface area (Å²) in [6.07, 6.45) is 2.88. The molecular formula is C22H18N6O4S.